The second kappa shape index (κ2) is 8.52. The van der Waals surface area contributed by atoms with Crippen molar-refractivity contribution in [2.24, 2.45) is 0 Å². The van der Waals surface area contributed by atoms with E-state index in [1.54, 1.807) is 0 Å². The second-order valence-electron chi connectivity index (χ2n) is 8.49. The predicted octanol–water partition coefficient (Wildman–Crippen LogP) is 6.36. The number of aryl methyl sites for hydroxylation is 2. The standard InChI is InChI=1S/C26H29NO2/c1-18-11-12-19(2)23(17-18)27-25(28)24(20-9-7-6-8-10-20)29-22-15-13-21(14-16-22)26(3,4)5/h6-17,24H,1-5H3,(H,27,28)/t24-/m0/s1. The molecule has 3 rings (SSSR count). The van der Waals surface area contributed by atoms with Crippen LogP contribution >= 0.6 is 0 Å². The molecule has 3 heteroatoms. The van der Waals surface area contributed by atoms with Gasteiger partial charge in [0, 0.05) is 11.3 Å². The molecule has 0 spiro atoms. The largest absolute Gasteiger partial charge is 0.476 e. The van der Waals surface area contributed by atoms with Crippen molar-refractivity contribution < 1.29 is 9.53 Å². The van der Waals surface area contributed by atoms with E-state index in [1.165, 1.54) is 5.56 Å². The fourth-order valence-electron chi connectivity index (χ4n) is 3.14. The van der Waals surface area contributed by atoms with Crippen molar-refractivity contribution in [1.29, 1.82) is 0 Å². The van der Waals surface area contributed by atoms with E-state index >= 15 is 0 Å². The zero-order valence-corrected chi connectivity index (χ0v) is 17.8. The van der Waals surface area contributed by atoms with Gasteiger partial charge in [0.15, 0.2) is 0 Å². The van der Waals surface area contributed by atoms with Crippen molar-refractivity contribution in [2.45, 2.75) is 46.1 Å². The third-order valence-corrected chi connectivity index (χ3v) is 4.97. The third kappa shape index (κ3) is 5.26. The molecule has 0 aliphatic heterocycles. The normalized spacial score (nSPS) is 12.3. The first-order valence-corrected chi connectivity index (χ1v) is 9.94. The Morgan fingerprint density at radius 1 is 0.897 bits per heavy atom. The van der Waals surface area contributed by atoms with Crippen LogP contribution in [0, 0.1) is 13.8 Å². The monoisotopic (exact) mass is 387 g/mol. The van der Waals surface area contributed by atoms with E-state index in [9.17, 15) is 4.79 Å². The van der Waals surface area contributed by atoms with Gasteiger partial charge in [0.25, 0.3) is 5.91 Å². The minimum Gasteiger partial charge on any atom is -0.476 e. The second-order valence-corrected chi connectivity index (χ2v) is 8.49. The number of hydrogen-bond donors (Lipinski definition) is 1. The quantitative estimate of drug-likeness (QED) is 0.553. The van der Waals surface area contributed by atoms with E-state index in [-0.39, 0.29) is 11.3 Å². The molecule has 0 saturated heterocycles. The molecule has 1 atom stereocenters. The van der Waals surface area contributed by atoms with Crippen molar-refractivity contribution in [1.82, 2.24) is 0 Å². The Morgan fingerprint density at radius 3 is 2.17 bits per heavy atom. The molecule has 0 aromatic heterocycles. The number of carbonyl (C=O) groups is 1. The van der Waals surface area contributed by atoms with Crippen LogP contribution in [-0.4, -0.2) is 5.91 Å². The molecule has 0 fully saturated rings. The van der Waals surface area contributed by atoms with Gasteiger partial charge in [0.2, 0.25) is 6.10 Å². The third-order valence-electron chi connectivity index (χ3n) is 4.97. The van der Waals surface area contributed by atoms with E-state index in [0.717, 1.165) is 22.4 Å². The lowest BCUT2D eigenvalue weighted by Gasteiger charge is -2.22. The van der Waals surface area contributed by atoms with Gasteiger partial charge in [0.05, 0.1) is 0 Å². The Kier molecular flexibility index (Phi) is 6.07. The van der Waals surface area contributed by atoms with Gasteiger partial charge in [-0.2, -0.15) is 0 Å². The van der Waals surface area contributed by atoms with Crippen LogP contribution in [0.3, 0.4) is 0 Å². The molecular weight excluding hydrogens is 358 g/mol. The first kappa shape index (κ1) is 20.7. The number of rotatable bonds is 5. The first-order chi connectivity index (χ1) is 13.7. The summed E-state index contributed by atoms with van der Waals surface area (Å²) >= 11 is 0. The SMILES string of the molecule is Cc1ccc(C)c(NC(=O)[C@@H](Oc2ccc(C(C)(C)C)cc2)c2ccccc2)c1. The number of benzene rings is 3. The smallest absolute Gasteiger partial charge is 0.270 e. The molecule has 0 unspecified atom stereocenters. The lowest BCUT2D eigenvalue weighted by Crippen LogP contribution is -2.26. The molecule has 0 aliphatic carbocycles. The lowest BCUT2D eigenvalue weighted by molar-refractivity contribution is -0.123. The highest BCUT2D eigenvalue weighted by Crippen LogP contribution is 2.28. The maximum Gasteiger partial charge on any atom is 0.270 e. The number of carbonyl (C=O) groups excluding carboxylic acids is 1. The summed E-state index contributed by atoms with van der Waals surface area (Å²) in [6, 6.07) is 23.6. The van der Waals surface area contributed by atoms with E-state index in [4.69, 9.17) is 4.74 Å². The fraction of sp³-hybridized carbons (Fsp3) is 0.269. The van der Waals surface area contributed by atoms with Crippen molar-refractivity contribution >= 4 is 11.6 Å². The molecule has 1 amide bonds. The summed E-state index contributed by atoms with van der Waals surface area (Å²) in [5.41, 5.74) is 5.03. The highest BCUT2D eigenvalue weighted by molar-refractivity contribution is 5.95. The van der Waals surface area contributed by atoms with Crippen molar-refractivity contribution in [3.05, 3.63) is 95.1 Å². The molecule has 3 aromatic carbocycles. The Hall–Kier alpha value is -3.07. The Morgan fingerprint density at radius 2 is 1.55 bits per heavy atom. The summed E-state index contributed by atoms with van der Waals surface area (Å²) in [6.07, 6.45) is -0.739. The highest BCUT2D eigenvalue weighted by atomic mass is 16.5. The van der Waals surface area contributed by atoms with Crippen LogP contribution in [0.15, 0.2) is 72.8 Å². The molecule has 0 saturated carbocycles. The highest BCUT2D eigenvalue weighted by Gasteiger charge is 2.24. The molecular formula is C26H29NO2. The Balaban J connectivity index is 1.87. The van der Waals surface area contributed by atoms with Gasteiger partial charge in [-0.25, -0.2) is 0 Å². The van der Waals surface area contributed by atoms with E-state index in [1.807, 2.05) is 74.5 Å². The van der Waals surface area contributed by atoms with E-state index < -0.39 is 6.10 Å². The molecule has 0 aliphatic rings. The topological polar surface area (TPSA) is 38.3 Å². The van der Waals surface area contributed by atoms with Gasteiger partial charge in [-0.1, -0.05) is 75.4 Å². The average molecular weight is 388 g/mol. The van der Waals surface area contributed by atoms with Gasteiger partial charge in [-0.05, 0) is 54.2 Å². The number of hydrogen-bond acceptors (Lipinski definition) is 2. The predicted molar refractivity (Wildman–Crippen MR) is 119 cm³/mol. The maximum atomic E-state index is 13.2. The van der Waals surface area contributed by atoms with Crippen molar-refractivity contribution in [3.63, 3.8) is 0 Å². The van der Waals surface area contributed by atoms with E-state index in [2.05, 4.69) is 38.2 Å². The molecule has 0 heterocycles. The Labute approximate surface area is 173 Å². The zero-order chi connectivity index (χ0) is 21.0. The van der Waals surface area contributed by atoms with Gasteiger partial charge in [-0.15, -0.1) is 0 Å². The van der Waals surface area contributed by atoms with Gasteiger partial charge in [0.1, 0.15) is 5.75 Å². The summed E-state index contributed by atoms with van der Waals surface area (Å²) in [5.74, 6) is 0.479. The summed E-state index contributed by atoms with van der Waals surface area (Å²) < 4.78 is 6.16. The number of amides is 1. The lowest BCUT2D eigenvalue weighted by atomic mass is 9.87. The number of nitrogens with one attached hydrogen (secondary N) is 1. The molecule has 0 bridgehead atoms. The van der Waals surface area contributed by atoms with Crippen LogP contribution in [0.1, 0.15) is 49.1 Å². The van der Waals surface area contributed by atoms with Gasteiger partial charge < -0.3 is 10.1 Å². The van der Waals surface area contributed by atoms with Crippen LogP contribution in [0.5, 0.6) is 5.75 Å². The minimum atomic E-state index is -0.739. The summed E-state index contributed by atoms with van der Waals surface area (Å²) in [7, 11) is 0. The molecule has 29 heavy (non-hydrogen) atoms. The van der Waals surface area contributed by atoms with Crippen LogP contribution in [0.4, 0.5) is 5.69 Å². The van der Waals surface area contributed by atoms with Crippen LogP contribution in [0.2, 0.25) is 0 Å². The van der Waals surface area contributed by atoms with E-state index in [0.29, 0.717) is 5.75 Å². The molecule has 1 N–H and O–H groups in total. The van der Waals surface area contributed by atoms with Crippen LogP contribution in [0.25, 0.3) is 0 Å². The van der Waals surface area contributed by atoms with Crippen LogP contribution in [-0.2, 0) is 10.2 Å². The molecule has 3 aromatic rings. The summed E-state index contributed by atoms with van der Waals surface area (Å²) in [5, 5.41) is 3.04. The zero-order valence-electron chi connectivity index (χ0n) is 17.8. The number of anilines is 1. The maximum absolute atomic E-state index is 13.2. The van der Waals surface area contributed by atoms with Crippen molar-refractivity contribution in [3.8, 4) is 5.75 Å². The fourth-order valence-corrected chi connectivity index (χ4v) is 3.14. The Bertz CT molecular complexity index is 970. The molecule has 3 nitrogen and oxygen atoms in total. The van der Waals surface area contributed by atoms with Crippen LogP contribution < -0.4 is 10.1 Å². The first-order valence-electron chi connectivity index (χ1n) is 9.94. The average Bonchev–Trinajstić information content (AvgIpc) is 2.69. The summed E-state index contributed by atoms with van der Waals surface area (Å²) in [4.78, 5) is 13.2. The number of ether oxygens (including phenoxy) is 1. The molecule has 0 radical (unpaired) electrons. The van der Waals surface area contributed by atoms with Crippen molar-refractivity contribution in [2.75, 3.05) is 5.32 Å². The molecule has 150 valence electrons. The van der Waals surface area contributed by atoms with Gasteiger partial charge >= 0.3 is 0 Å². The minimum absolute atomic E-state index is 0.0669. The van der Waals surface area contributed by atoms with Gasteiger partial charge in [-0.3, -0.25) is 4.79 Å². The summed E-state index contributed by atoms with van der Waals surface area (Å²) in [6.45, 7) is 10.5.